The standard InChI is InChI=1S/C17H23NO6S/c1-12(2)24-15-13-6-4-5-7-14(13)25(20,21)18(8-9-19)16(15)17(3)22-10-11-23-17/h4-7,12,19H,8-11H2,1-3H3. The molecule has 1 saturated heterocycles. The van der Waals surface area contributed by atoms with Crippen molar-refractivity contribution < 1.29 is 27.7 Å². The summed E-state index contributed by atoms with van der Waals surface area (Å²) in [5.74, 6) is -0.863. The van der Waals surface area contributed by atoms with Gasteiger partial charge in [0, 0.05) is 5.56 Å². The van der Waals surface area contributed by atoms with E-state index in [9.17, 15) is 13.5 Å². The van der Waals surface area contributed by atoms with Gasteiger partial charge < -0.3 is 19.3 Å². The molecule has 25 heavy (non-hydrogen) atoms. The smallest absolute Gasteiger partial charge is 0.265 e. The molecule has 0 saturated carbocycles. The molecule has 0 aliphatic carbocycles. The van der Waals surface area contributed by atoms with Crippen molar-refractivity contribution in [1.82, 2.24) is 4.31 Å². The van der Waals surface area contributed by atoms with Crippen LogP contribution in [0.4, 0.5) is 0 Å². The lowest BCUT2D eigenvalue weighted by Gasteiger charge is -2.39. The number of nitrogens with zero attached hydrogens (tertiary/aromatic N) is 1. The molecule has 0 spiro atoms. The second-order valence-electron chi connectivity index (χ2n) is 6.28. The number of β-amino-alcohol motifs (C(OH)–C–C–N with tert-alkyl or cyclic N) is 1. The predicted molar refractivity (Wildman–Crippen MR) is 90.9 cm³/mol. The molecule has 7 nitrogen and oxygen atoms in total. The largest absolute Gasteiger partial charge is 0.488 e. The molecule has 0 atom stereocenters. The molecule has 0 radical (unpaired) electrons. The van der Waals surface area contributed by atoms with Crippen molar-refractivity contribution in [3.05, 3.63) is 35.5 Å². The second-order valence-corrected chi connectivity index (χ2v) is 8.11. The van der Waals surface area contributed by atoms with E-state index < -0.39 is 15.8 Å². The number of ether oxygens (including phenoxy) is 3. The highest BCUT2D eigenvalue weighted by Crippen LogP contribution is 2.44. The van der Waals surface area contributed by atoms with E-state index in [0.717, 1.165) is 4.31 Å². The van der Waals surface area contributed by atoms with Gasteiger partial charge in [0.2, 0.25) is 5.79 Å². The number of benzene rings is 1. The summed E-state index contributed by atoms with van der Waals surface area (Å²) < 4.78 is 44.9. The lowest BCUT2D eigenvalue weighted by molar-refractivity contribution is -0.122. The molecule has 1 aromatic carbocycles. The Morgan fingerprint density at radius 2 is 1.92 bits per heavy atom. The zero-order valence-corrected chi connectivity index (χ0v) is 15.4. The number of aliphatic hydroxyl groups is 1. The highest BCUT2D eigenvalue weighted by molar-refractivity contribution is 7.89. The van der Waals surface area contributed by atoms with Gasteiger partial charge in [-0.1, -0.05) is 12.1 Å². The van der Waals surface area contributed by atoms with Crippen LogP contribution in [-0.2, 0) is 24.2 Å². The zero-order valence-electron chi connectivity index (χ0n) is 14.6. The topological polar surface area (TPSA) is 85.3 Å². The van der Waals surface area contributed by atoms with Crippen molar-refractivity contribution in [1.29, 1.82) is 0 Å². The molecule has 0 aromatic heterocycles. The third-order valence-corrected chi connectivity index (χ3v) is 5.95. The van der Waals surface area contributed by atoms with E-state index in [-0.39, 0.29) is 29.8 Å². The predicted octanol–water partition coefficient (Wildman–Crippen LogP) is 1.54. The Labute approximate surface area is 147 Å². The first kappa shape index (κ1) is 18.2. The molecule has 2 aliphatic rings. The first-order valence-corrected chi connectivity index (χ1v) is 9.67. The third kappa shape index (κ3) is 3.03. The molecule has 2 heterocycles. The first-order chi connectivity index (χ1) is 11.8. The fourth-order valence-corrected chi connectivity index (χ4v) is 4.86. The van der Waals surface area contributed by atoms with E-state index >= 15 is 0 Å². The van der Waals surface area contributed by atoms with Crippen LogP contribution in [0.1, 0.15) is 26.3 Å². The van der Waals surface area contributed by atoms with Crippen molar-refractivity contribution in [3.63, 3.8) is 0 Å². The maximum Gasteiger partial charge on any atom is 0.265 e. The summed E-state index contributed by atoms with van der Waals surface area (Å²) in [6.07, 6.45) is -0.181. The Kier molecular flexibility index (Phi) is 4.80. The Balaban J connectivity index is 2.32. The van der Waals surface area contributed by atoms with Crippen molar-refractivity contribution in [2.75, 3.05) is 26.4 Å². The fourth-order valence-electron chi connectivity index (χ4n) is 3.12. The molecule has 1 aromatic rings. The van der Waals surface area contributed by atoms with Crippen LogP contribution in [0, 0.1) is 0 Å². The minimum atomic E-state index is -3.86. The van der Waals surface area contributed by atoms with Crippen LogP contribution in [0.25, 0.3) is 5.76 Å². The number of rotatable bonds is 5. The van der Waals surface area contributed by atoms with Gasteiger partial charge in [0.05, 0.1) is 37.4 Å². The second kappa shape index (κ2) is 6.60. The van der Waals surface area contributed by atoms with Crippen LogP contribution in [0.5, 0.6) is 0 Å². The number of hydrogen-bond donors (Lipinski definition) is 1. The molecular weight excluding hydrogens is 346 g/mol. The maximum atomic E-state index is 13.1. The quantitative estimate of drug-likeness (QED) is 0.847. The summed E-state index contributed by atoms with van der Waals surface area (Å²) in [4.78, 5) is 0.143. The zero-order chi connectivity index (χ0) is 18.2. The summed E-state index contributed by atoms with van der Waals surface area (Å²) in [6.45, 7) is 5.66. The number of aliphatic hydroxyl groups excluding tert-OH is 1. The van der Waals surface area contributed by atoms with Crippen LogP contribution in [0.3, 0.4) is 0 Å². The van der Waals surface area contributed by atoms with E-state index in [1.165, 1.54) is 6.07 Å². The van der Waals surface area contributed by atoms with Gasteiger partial charge in [-0.05, 0) is 32.9 Å². The van der Waals surface area contributed by atoms with E-state index in [0.29, 0.717) is 24.5 Å². The van der Waals surface area contributed by atoms with Gasteiger partial charge in [-0.25, -0.2) is 8.42 Å². The van der Waals surface area contributed by atoms with E-state index in [2.05, 4.69) is 0 Å². The summed E-state index contributed by atoms with van der Waals surface area (Å²) in [6, 6.07) is 6.67. The Morgan fingerprint density at radius 3 is 2.52 bits per heavy atom. The van der Waals surface area contributed by atoms with Gasteiger partial charge in [-0.3, -0.25) is 4.31 Å². The minimum Gasteiger partial charge on any atom is -0.488 e. The number of sulfonamides is 1. The SMILES string of the molecule is CC(C)OC1=C(C2(C)OCCO2)N(CCO)S(=O)(=O)c2ccccc21. The highest BCUT2D eigenvalue weighted by atomic mass is 32.2. The monoisotopic (exact) mass is 369 g/mol. The third-order valence-electron chi connectivity index (χ3n) is 4.09. The molecule has 8 heteroatoms. The van der Waals surface area contributed by atoms with Crippen molar-refractivity contribution in [3.8, 4) is 0 Å². The van der Waals surface area contributed by atoms with Crippen LogP contribution >= 0.6 is 0 Å². The van der Waals surface area contributed by atoms with E-state index in [1.807, 2.05) is 13.8 Å². The lowest BCUT2D eigenvalue weighted by Crippen LogP contribution is -2.46. The number of hydrogen-bond acceptors (Lipinski definition) is 6. The number of fused-ring (bicyclic) bond motifs is 1. The van der Waals surface area contributed by atoms with Crippen LogP contribution in [-0.4, -0.2) is 56.1 Å². The normalized spacial score (nSPS) is 21.6. The van der Waals surface area contributed by atoms with Gasteiger partial charge in [0.1, 0.15) is 5.70 Å². The molecule has 0 amide bonds. The Morgan fingerprint density at radius 1 is 1.28 bits per heavy atom. The van der Waals surface area contributed by atoms with E-state index in [4.69, 9.17) is 14.2 Å². The van der Waals surface area contributed by atoms with Crippen molar-refractivity contribution >= 4 is 15.8 Å². The van der Waals surface area contributed by atoms with Crippen molar-refractivity contribution in [2.45, 2.75) is 37.6 Å². The Bertz CT molecular complexity index is 780. The minimum absolute atomic E-state index is 0.112. The molecule has 3 rings (SSSR count). The molecule has 0 bridgehead atoms. The molecule has 0 unspecified atom stereocenters. The molecule has 2 aliphatic heterocycles. The lowest BCUT2D eigenvalue weighted by atomic mass is 10.1. The Hall–Kier alpha value is -1.61. The molecular formula is C17H23NO6S. The van der Waals surface area contributed by atoms with Crippen LogP contribution in [0.2, 0.25) is 0 Å². The highest BCUT2D eigenvalue weighted by Gasteiger charge is 2.49. The van der Waals surface area contributed by atoms with Gasteiger partial charge in [-0.2, -0.15) is 0 Å². The van der Waals surface area contributed by atoms with Gasteiger partial charge in [0.25, 0.3) is 10.0 Å². The van der Waals surface area contributed by atoms with Crippen molar-refractivity contribution in [2.24, 2.45) is 0 Å². The summed E-state index contributed by atoms with van der Waals surface area (Å²) in [7, 11) is -3.86. The maximum absolute atomic E-state index is 13.1. The van der Waals surface area contributed by atoms with Gasteiger partial charge in [-0.15, -0.1) is 0 Å². The van der Waals surface area contributed by atoms with Gasteiger partial charge in [0.15, 0.2) is 5.76 Å². The van der Waals surface area contributed by atoms with Crippen LogP contribution < -0.4 is 0 Å². The fraction of sp³-hybridized carbons (Fsp3) is 0.529. The molecule has 138 valence electrons. The summed E-state index contributed by atoms with van der Waals surface area (Å²) in [5.41, 5.74) is 0.743. The van der Waals surface area contributed by atoms with Crippen LogP contribution in [0.15, 0.2) is 34.9 Å². The summed E-state index contributed by atoms with van der Waals surface area (Å²) >= 11 is 0. The van der Waals surface area contributed by atoms with Gasteiger partial charge >= 0.3 is 0 Å². The molecule has 1 N–H and O–H groups in total. The average molecular weight is 369 g/mol. The molecule has 1 fully saturated rings. The first-order valence-electron chi connectivity index (χ1n) is 8.23. The van der Waals surface area contributed by atoms with E-state index in [1.54, 1.807) is 25.1 Å². The average Bonchev–Trinajstić information content (AvgIpc) is 2.99. The summed E-state index contributed by atoms with van der Waals surface area (Å²) in [5, 5.41) is 9.46.